The maximum Gasteiger partial charge on any atom is 0.221 e. The fraction of sp³-hybridized carbons (Fsp3) is 0.261. The Hall–Kier alpha value is -4.23. The largest absolute Gasteiger partial charge is 0.379 e. The van der Waals surface area contributed by atoms with E-state index in [-0.39, 0.29) is 11.7 Å². The van der Waals surface area contributed by atoms with Crippen LogP contribution in [-0.4, -0.2) is 41.5 Å². The van der Waals surface area contributed by atoms with Crippen molar-refractivity contribution >= 4 is 28.4 Å². The number of nitrogens with two attached hydrogens (primary N) is 1. The fourth-order valence-corrected chi connectivity index (χ4v) is 3.35. The van der Waals surface area contributed by atoms with Crippen LogP contribution in [0.2, 0.25) is 0 Å². The monoisotopic (exact) mass is 445 g/mol. The van der Waals surface area contributed by atoms with Gasteiger partial charge in [-0.15, -0.1) is 0 Å². The maximum atomic E-state index is 11.3. The number of carbonyl (C=O) groups excluding carboxylic acids is 1. The van der Waals surface area contributed by atoms with Gasteiger partial charge in [-0.25, -0.2) is 14.6 Å². The second kappa shape index (κ2) is 8.37. The predicted molar refractivity (Wildman–Crippen MR) is 124 cm³/mol. The minimum atomic E-state index is -1.21. The molecule has 10 heteroatoms. The number of carbonyl (C=O) groups is 1. The van der Waals surface area contributed by atoms with Crippen LogP contribution in [0.25, 0.3) is 33.8 Å². The van der Waals surface area contributed by atoms with E-state index < -0.39 is 5.60 Å². The van der Waals surface area contributed by atoms with Gasteiger partial charge in [0.15, 0.2) is 17.3 Å². The number of benzene rings is 1. The molecule has 0 atom stereocenters. The van der Waals surface area contributed by atoms with Gasteiger partial charge in [0.25, 0.3) is 0 Å². The molecule has 0 radical (unpaired) electrons. The summed E-state index contributed by atoms with van der Waals surface area (Å²) in [5.74, 6) is 6.24. The number of anilines is 2. The van der Waals surface area contributed by atoms with E-state index in [9.17, 15) is 9.90 Å². The summed E-state index contributed by atoms with van der Waals surface area (Å²) in [7, 11) is 0. The number of fused-ring (bicyclic) bond motifs is 1. The Labute approximate surface area is 189 Å². The summed E-state index contributed by atoms with van der Waals surface area (Å²) in [5.41, 5.74) is 8.92. The minimum Gasteiger partial charge on any atom is -0.379 e. The summed E-state index contributed by atoms with van der Waals surface area (Å²) < 4.78 is 6.69. The zero-order chi connectivity index (χ0) is 23.8. The van der Waals surface area contributed by atoms with Gasteiger partial charge in [0.1, 0.15) is 16.8 Å². The molecule has 1 amide bonds. The molecule has 4 aromatic rings. The first-order chi connectivity index (χ1) is 15.7. The average molecular weight is 445 g/mol. The Morgan fingerprint density at radius 1 is 1.24 bits per heavy atom. The standard InChI is InChI=1S/C23H23N7O3/c1-5-30-18-12-17(14-6-8-15(9-7-14)25-13(2)31)26-16(10-11-23(3,4)32)19(18)27-22(30)20-21(24)29-33-28-20/h6-9,12,32H,5H2,1-4H3,(H2,24,29)(H,25,31). The number of imidazole rings is 1. The fourth-order valence-electron chi connectivity index (χ4n) is 3.35. The molecule has 33 heavy (non-hydrogen) atoms. The highest BCUT2D eigenvalue weighted by atomic mass is 16.6. The summed E-state index contributed by atoms with van der Waals surface area (Å²) in [5, 5.41) is 20.4. The van der Waals surface area contributed by atoms with Crippen LogP contribution in [0.15, 0.2) is 35.0 Å². The van der Waals surface area contributed by atoms with Crippen LogP contribution in [-0.2, 0) is 11.3 Å². The highest BCUT2D eigenvalue weighted by Gasteiger charge is 2.21. The first-order valence-corrected chi connectivity index (χ1v) is 10.3. The SMILES string of the molecule is CCn1c(-c2nonc2N)nc2c(C#CC(C)(C)O)nc(-c3ccc(NC(C)=O)cc3)cc21. The lowest BCUT2D eigenvalue weighted by atomic mass is 10.1. The lowest BCUT2D eigenvalue weighted by molar-refractivity contribution is -0.114. The summed E-state index contributed by atoms with van der Waals surface area (Å²) in [4.78, 5) is 20.7. The van der Waals surface area contributed by atoms with Gasteiger partial charge in [-0.05, 0) is 55.2 Å². The zero-order valence-corrected chi connectivity index (χ0v) is 18.7. The molecule has 0 fully saturated rings. The number of amides is 1. The van der Waals surface area contributed by atoms with Gasteiger partial charge < -0.3 is 20.7 Å². The van der Waals surface area contributed by atoms with E-state index >= 15 is 0 Å². The van der Waals surface area contributed by atoms with Crippen molar-refractivity contribution in [1.82, 2.24) is 24.8 Å². The molecule has 4 N–H and O–H groups in total. The Bertz CT molecular complexity index is 1400. The van der Waals surface area contributed by atoms with E-state index in [2.05, 4.69) is 27.5 Å². The molecule has 168 valence electrons. The summed E-state index contributed by atoms with van der Waals surface area (Å²) in [6.07, 6.45) is 0. The van der Waals surface area contributed by atoms with Crippen LogP contribution in [0, 0.1) is 11.8 Å². The molecular formula is C23H23N7O3. The van der Waals surface area contributed by atoms with Crippen molar-refractivity contribution in [3.63, 3.8) is 0 Å². The third-order valence-electron chi connectivity index (χ3n) is 4.77. The van der Waals surface area contributed by atoms with E-state index in [1.54, 1.807) is 26.0 Å². The number of nitrogen functional groups attached to an aromatic ring is 1. The smallest absolute Gasteiger partial charge is 0.221 e. The number of aryl methyl sites for hydroxylation is 1. The molecule has 0 bridgehead atoms. The first kappa shape index (κ1) is 22.0. The highest BCUT2D eigenvalue weighted by molar-refractivity contribution is 5.90. The normalized spacial score (nSPS) is 11.3. The molecule has 0 spiro atoms. The van der Waals surface area contributed by atoms with Gasteiger partial charge in [-0.1, -0.05) is 18.1 Å². The average Bonchev–Trinajstić information content (AvgIpc) is 3.34. The van der Waals surface area contributed by atoms with Crippen molar-refractivity contribution in [3.05, 3.63) is 36.0 Å². The number of nitrogens with zero attached hydrogens (tertiary/aromatic N) is 5. The van der Waals surface area contributed by atoms with Crippen molar-refractivity contribution in [2.24, 2.45) is 0 Å². The molecular weight excluding hydrogens is 422 g/mol. The van der Waals surface area contributed by atoms with Crippen LogP contribution in [0.5, 0.6) is 0 Å². The number of aliphatic hydroxyl groups is 1. The molecule has 0 saturated carbocycles. The lowest BCUT2D eigenvalue weighted by Gasteiger charge is -2.09. The molecule has 0 aliphatic carbocycles. The summed E-state index contributed by atoms with van der Waals surface area (Å²) in [6.45, 7) is 7.19. The van der Waals surface area contributed by atoms with Crippen LogP contribution >= 0.6 is 0 Å². The minimum absolute atomic E-state index is 0.130. The van der Waals surface area contributed by atoms with Crippen LogP contribution < -0.4 is 11.1 Å². The van der Waals surface area contributed by atoms with Gasteiger partial charge in [0.05, 0.1) is 11.2 Å². The van der Waals surface area contributed by atoms with Crippen molar-refractivity contribution in [2.45, 2.75) is 39.8 Å². The molecule has 3 aromatic heterocycles. The van der Waals surface area contributed by atoms with Crippen LogP contribution in [0.3, 0.4) is 0 Å². The Balaban J connectivity index is 1.94. The van der Waals surface area contributed by atoms with Crippen LogP contribution in [0.4, 0.5) is 11.5 Å². The number of nitrogens with one attached hydrogen (secondary N) is 1. The first-order valence-electron chi connectivity index (χ1n) is 10.3. The number of hydrogen-bond donors (Lipinski definition) is 3. The Kier molecular flexibility index (Phi) is 5.57. The molecule has 0 aliphatic heterocycles. The Morgan fingerprint density at radius 3 is 2.55 bits per heavy atom. The molecule has 1 aromatic carbocycles. The quantitative estimate of drug-likeness (QED) is 0.407. The number of pyridine rings is 1. The zero-order valence-electron chi connectivity index (χ0n) is 18.7. The molecule has 3 heterocycles. The third-order valence-corrected chi connectivity index (χ3v) is 4.77. The molecule has 0 unspecified atom stereocenters. The topological polar surface area (TPSA) is 145 Å². The molecule has 0 saturated heterocycles. The summed E-state index contributed by atoms with van der Waals surface area (Å²) >= 11 is 0. The van der Waals surface area contributed by atoms with Gasteiger partial charge in [-0.3, -0.25) is 4.79 Å². The van der Waals surface area contributed by atoms with Crippen molar-refractivity contribution in [2.75, 3.05) is 11.1 Å². The van der Waals surface area contributed by atoms with E-state index in [0.717, 1.165) is 11.1 Å². The lowest BCUT2D eigenvalue weighted by Crippen LogP contribution is -2.14. The third kappa shape index (κ3) is 4.53. The second-order valence-electron chi connectivity index (χ2n) is 7.97. The van der Waals surface area contributed by atoms with E-state index in [1.807, 2.05) is 29.7 Å². The van der Waals surface area contributed by atoms with Gasteiger partial charge in [-0.2, -0.15) is 0 Å². The predicted octanol–water partition coefficient (Wildman–Crippen LogP) is 2.83. The number of hydrogen-bond acceptors (Lipinski definition) is 8. The van der Waals surface area contributed by atoms with Gasteiger partial charge in [0, 0.05) is 24.7 Å². The van der Waals surface area contributed by atoms with Crippen molar-refractivity contribution < 1.29 is 14.5 Å². The highest BCUT2D eigenvalue weighted by Crippen LogP contribution is 2.31. The van der Waals surface area contributed by atoms with Gasteiger partial charge in [0.2, 0.25) is 5.91 Å². The Morgan fingerprint density at radius 2 is 1.97 bits per heavy atom. The maximum absolute atomic E-state index is 11.3. The van der Waals surface area contributed by atoms with Gasteiger partial charge >= 0.3 is 0 Å². The van der Waals surface area contributed by atoms with E-state index in [0.29, 0.717) is 40.7 Å². The number of rotatable bonds is 4. The van der Waals surface area contributed by atoms with E-state index in [4.69, 9.17) is 20.3 Å². The second-order valence-corrected chi connectivity index (χ2v) is 7.97. The molecule has 4 rings (SSSR count). The molecule has 0 aliphatic rings. The molecule has 10 nitrogen and oxygen atoms in total. The number of aromatic nitrogens is 5. The van der Waals surface area contributed by atoms with Crippen molar-refractivity contribution in [1.29, 1.82) is 0 Å². The summed E-state index contributed by atoms with van der Waals surface area (Å²) in [6, 6.07) is 9.23. The van der Waals surface area contributed by atoms with E-state index in [1.165, 1.54) is 6.92 Å². The van der Waals surface area contributed by atoms with Crippen molar-refractivity contribution in [3.8, 4) is 34.6 Å². The van der Waals surface area contributed by atoms with Crippen LogP contribution in [0.1, 0.15) is 33.4 Å².